The summed E-state index contributed by atoms with van der Waals surface area (Å²) < 4.78 is 14.4. The van der Waals surface area contributed by atoms with Crippen molar-refractivity contribution in [1.82, 2.24) is 10.2 Å². The van der Waals surface area contributed by atoms with Crippen LogP contribution in [0, 0.1) is 5.82 Å². The van der Waals surface area contributed by atoms with E-state index in [0.29, 0.717) is 20.9 Å². The lowest BCUT2D eigenvalue weighted by Gasteiger charge is -2.08. The molecule has 0 aliphatic carbocycles. The number of hydrogen-bond donors (Lipinski definition) is 1. The van der Waals surface area contributed by atoms with Crippen molar-refractivity contribution < 1.29 is 4.39 Å². The molecule has 3 nitrogen and oxygen atoms in total. The van der Waals surface area contributed by atoms with E-state index in [2.05, 4.69) is 26.1 Å². The highest BCUT2D eigenvalue weighted by Gasteiger charge is 2.14. The predicted octanol–water partition coefficient (Wildman–Crippen LogP) is 2.95. The van der Waals surface area contributed by atoms with E-state index in [-0.39, 0.29) is 11.5 Å². The fourth-order valence-corrected chi connectivity index (χ4v) is 2.09. The SMILES string of the molecule is CC(C)c1n[nH]c(=O)c2cc(Br)cc(F)c12. The van der Waals surface area contributed by atoms with Crippen LogP contribution < -0.4 is 5.56 Å². The number of hydrogen-bond acceptors (Lipinski definition) is 2. The maximum atomic E-state index is 13.8. The van der Waals surface area contributed by atoms with Crippen LogP contribution in [-0.2, 0) is 0 Å². The van der Waals surface area contributed by atoms with Gasteiger partial charge in [0.2, 0.25) is 0 Å². The minimum atomic E-state index is -0.424. The molecule has 0 radical (unpaired) electrons. The van der Waals surface area contributed by atoms with Gasteiger partial charge in [-0.05, 0) is 18.1 Å². The lowest BCUT2D eigenvalue weighted by molar-refractivity contribution is 0.634. The van der Waals surface area contributed by atoms with Gasteiger partial charge in [0, 0.05) is 9.86 Å². The Labute approximate surface area is 99.8 Å². The summed E-state index contributed by atoms with van der Waals surface area (Å²) >= 11 is 3.17. The molecule has 0 aliphatic rings. The molecule has 1 N–H and O–H groups in total. The monoisotopic (exact) mass is 284 g/mol. The number of benzene rings is 1. The van der Waals surface area contributed by atoms with E-state index < -0.39 is 5.82 Å². The maximum Gasteiger partial charge on any atom is 0.272 e. The Morgan fingerprint density at radius 3 is 2.75 bits per heavy atom. The van der Waals surface area contributed by atoms with Gasteiger partial charge in [-0.2, -0.15) is 5.10 Å². The molecular weight excluding hydrogens is 275 g/mol. The third-order valence-electron chi connectivity index (χ3n) is 2.38. The van der Waals surface area contributed by atoms with Gasteiger partial charge in [-0.25, -0.2) is 9.49 Å². The van der Waals surface area contributed by atoms with Gasteiger partial charge in [0.25, 0.3) is 5.56 Å². The number of H-pyrrole nitrogens is 1. The van der Waals surface area contributed by atoms with Crippen molar-refractivity contribution in [3.8, 4) is 0 Å². The summed E-state index contributed by atoms with van der Waals surface area (Å²) in [5.41, 5.74) is 0.194. The maximum absolute atomic E-state index is 13.8. The Morgan fingerprint density at radius 2 is 2.12 bits per heavy atom. The largest absolute Gasteiger partial charge is 0.272 e. The van der Waals surface area contributed by atoms with Gasteiger partial charge in [-0.15, -0.1) is 0 Å². The summed E-state index contributed by atoms with van der Waals surface area (Å²) in [6, 6.07) is 2.94. The fraction of sp³-hybridized carbons (Fsp3) is 0.273. The molecule has 1 heterocycles. The van der Waals surface area contributed by atoms with E-state index in [0.717, 1.165) is 0 Å². The Morgan fingerprint density at radius 1 is 1.44 bits per heavy atom. The van der Waals surface area contributed by atoms with Crippen LogP contribution in [0.15, 0.2) is 21.4 Å². The van der Waals surface area contributed by atoms with E-state index in [4.69, 9.17) is 0 Å². The van der Waals surface area contributed by atoms with Crippen molar-refractivity contribution in [3.63, 3.8) is 0 Å². The number of aromatic amines is 1. The minimum absolute atomic E-state index is 0.0509. The quantitative estimate of drug-likeness (QED) is 0.875. The van der Waals surface area contributed by atoms with Crippen LogP contribution in [0.3, 0.4) is 0 Å². The second-order valence-corrected chi connectivity index (χ2v) is 4.82. The fourth-order valence-electron chi connectivity index (χ4n) is 1.66. The summed E-state index contributed by atoms with van der Waals surface area (Å²) in [7, 11) is 0. The van der Waals surface area contributed by atoms with Crippen LogP contribution in [-0.4, -0.2) is 10.2 Å². The molecular formula is C11H10BrFN2O. The molecule has 0 saturated heterocycles. The zero-order chi connectivity index (χ0) is 11.9. The number of nitrogens with one attached hydrogen (secondary N) is 1. The number of nitrogens with zero attached hydrogens (tertiary/aromatic N) is 1. The van der Waals surface area contributed by atoms with Gasteiger partial charge >= 0.3 is 0 Å². The molecule has 2 aromatic rings. The first-order valence-electron chi connectivity index (χ1n) is 4.88. The van der Waals surface area contributed by atoms with E-state index in [9.17, 15) is 9.18 Å². The molecule has 2 rings (SSSR count). The van der Waals surface area contributed by atoms with Crippen LogP contribution >= 0.6 is 15.9 Å². The highest BCUT2D eigenvalue weighted by Crippen LogP contribution is 2.26. The second-order valence-electron chi connectivity index (χ2n) is 3.90. The van der Waals surface area contributed by atoms with Crippen LogP contribution in [0.1, 0.15) is 25.5 Å². The van der Waals surface area contributed by atoms with Crippen molar-refractivity contribution in [2.75, 3.05) is 0 Å². The first kappa shape index (κ1) is 11.3. The van der Waals surface area contributed by atoms with Crippen LogP contribution in [0.2, 0.25) is 0 Å². The number of halogens is 2. The summed E-state index contributed by atoms with van der Waals surface area (Å²) in [6.07, 6.45) is 0. The molecule has 0 atom stereocenters. The molecule has 0 saturated carbocycles. The van der Waals surface area contributed by atoms with Crippen molar-refractivity contribution in [3.05, 3.63) is 38.5 Å². The van der Waals surface area contributed by atoms with Gasteiger partial charge in [-0.3, -0.25) is 4.79 Å². The average Bonchev–Trinajstić information content (AvgIpc) is 2.19. The summed E-state index contributed by atoms with van der Waals surface area (Å²) in [4.78, 5) is 11.6. The second kappa shape index (κ2) is 3.97. The molecule has 16 heavy (non-hydrogen) atoms. The first-order valence-corrected chi connectivity index (χ1v) is 5.67. The molecule has 84 valence electrons. The van der Waals surface area contributed by atoms with Crippen LogP contribution in [0.4, 0.5) is 4.39 Å². The van der Waals surface area contributed by atoms with Gasteiger partial charge in [0.1, 0.15) is 5.82 Å². The molecule has 0 unspecified atom stereocenters. The highest BCUT2D eigenvalue weighted by molar-refractivity contribution is 9.10. The van der Waals surface area contributed by atoms with Crippen LogP contribution in [0.5, 0.6) is 0 Å². The third kappa shape index (κ3) is 1.75. The smallest absolute Gasteiger partial charge is 0.267 e. The van der Waals surface area contributed by atoms with Crippen molar-refractivity contribution in [1.29, 1.82) is 0 Å². The van der Waals surface area contributed by atoms with Gasteiger partial charge in [0.05, 0.1) is 11.1 Å². The number of aromatic nitrogens is 2. The van der Waals surface area contributed by atoms with E-state index >= 15 is 0 Å². The molecule has 5 heteroatoms. The van der Waals surface area contributed by atoms with E-state index in [1.54, 1.807) is 6.07 Å². The average molecular weight is 285 g/mol. The van der Waals surface area contributed by atoms with E-state index in [1.165, 1.54) is 6.07 Å². The topological polar surface area (TPSA) is 45.8 Å². The Bertz CT molecular complexity index is 607. The molecule has 0 aliphatic heterocycles. The molecule has 1 aromatic carbocycles. The number of rotatable bonds is 1. The number of fused-ring (bicyclic) bond motifs is 1. The van der Waals surface area contributed by atoms with Gasteiger partial charge < -0.3 is 0 Å². The van der Waals surface area contributed by atoms with E-state index in [1.807, 2.05) is 13.8 Å². The standard InChI is InChI=1S/C11H10BrFN2O/c1-5(2)10-9-7(11(16)15-14-10)3-6(12)4-8(9)13/h3-5H,1-2H3,(H,15,16). The van der Waals surface area contributed by atoms with Crippen molar-refractivity contribution >= 4 is 26.7 Å². The van der Waals surface area contributed by atoms with Crippen molar-refractivity contribution in [2.45, 2.75) is 19.8 Å². The zero-order valence-corrected chi connectivity index (χ0v) is 10.4. The lowest BCUT2D eigenvalue weighted by Crippen LogP contribution is -2.12. The predicted molar refractivity (Wildman–Crippen MR) is 64.1 cm³/mol. The van der Waals surface area contributed by atoms with Crippen LogP contribution in [0.25, 0.3) is 10.8 Å². The first-order chi connectivity index (χ1) is 7.50. The normalized spacial score (nSPS) is 11.3. The summed E-state index contributed by atoms with van der Waals surface area (Å²) in [5, 5.41) is 6.92. The molecule has 1 aromatic heterocycles. The van der Waals surface area contributed by atoms with Gasteiger partial charge in [-0.1, -0.05) is 29.8 Å². The third-order valence-corrected chi connectivity index (χ3v) is 2.84. The minimum Gasteiger partial charge on any atom is -0.267 e. The van der Waals surface area contributed by atoms with Gasteiger partial charge in [0.15, 0.2) is 0 Å². The Hall–Kier alpha value is -1.23. The highest BCUT2D eigenvalue weighted by atomic mass is 79.9. The molecule has 0 amide bonds. The molecule has 0 spiro atoms. The molecule has 0 bridgehead atoms. The zero-order valence-electron chi connectivity index (χ0n) is 8.84. The Balaban J connectivity index is 2.98. The lowest BCUT2D eigenvalue weighted by atomic mass is 10.0. The Kier molecular flexibility index (Phi) is 2.80. The summed E-state index contributed by atoms with van der Waals surface area (Å²) in [5.74, 6) is -0.373. The molecule has 0 fully saturated rings. The summed E-state index contributed by atoms with van der Waals surface area (Å²) in [6.45, 7) is 3.81. The van der Waals surface area contributed by atoms with Crippen molar-refractivity contribution in [2.24, 2.45) is 0 Å².